The van der Waals surface area contributed by atoms with Gasteiger partial charge in [-0.2, -0.15) is 5.10 Å². The largest absolute Gasteiger partial charge is 0.496 e. The number of benzene rings is 4. The van der Waals surface area contributed by atoms with Gasteiger partial charge in [-0.25, -0.2) is 9.59 Å². The van der Waals surface area contributed by atoms with Crippen molar-refractivity contribution in [2.75, 3.05) is 20.8 Å². The number of rotatable bonds is 9. The third-order valence-corrected chi connectivity index (χ3v) is 7.77. The fraction of sp³-hybridized carbons (Fsp3) is 0.171. The van der Waals surface area contributed by atoms with Crippen LogP contribution in [0.15, 0.2) is 91.1 Å². The van der Waals surface area contributed by atoms with Gasteiger partial charge in [0.15, 0.2) is 5.69 Å². The van der Waals surface area contributed by atoms with Crippen molar-refractivity contribution >= 4 is 56.9 Å². The number of carboxylic acid groups (broad SMARTS) is 1. The number of para-hydroxylation sites is 2. The first-order chi connectivity index (χ1) is 22.2. The molecule has 6 rings (SSSR count). The number of esters is 1. The van der Waals surface area contributed by atoms with E-state index in [0.717, 1.165) is 32.9 Å². The topological polar surface area (TPSA) is 105 Å². The number of carbonyl (C=O) groups is 2. The van der Waals surface area contributed by atoms with Gasteiger partial charge in [-0.3, -0.25) is 4.68 Å². The average Bonchev–Trinajstić information content (AvgIpc) is 3.62. The zero-order valence-electron chi connectivity index (χ0n) is 25.4. The number of ether oxygens (including phenoxy) is 3. The molecule has 0 saturated carbocycles. The number of methoxy groups -OCH3 is 2. The molecule has 11 heteroatoms. The van der Waals surface area contributed by atoms with Gasteiger partial charge >= 0.3 is 11.9 Å². The lowest BCUT2D eigenvalue weighted by Crippen LogP contribution is -2.08. The maximum absolute atomic E-state index is 12.2. The summed E-state index contributed by atoms with van der Waals surface area (Å²) in [5, 5.41) is 16.5. The van der Waals surface area contributed by atoms with Gasteiger partial charge < -0.3 is 23.9 Å². The number of halogens is 2. The SMILES string of the molecule is CCOC(=O)c1nn(Cc2ccc(Cl)cc2OC)c2ccccc12.COc1cc(Cl)ccc1Cn1cc(C(=O)O)c2ccccc21. The van der Waals surface area contributed by atoms with Gasteiger partial charge in [0.05, 0.1) is 45.0 Å². The molecule has 46 heavy (non-hydrogen) atoms. The van der Waals surface area contributed by atoms with Gasteiger partial charge in [-0.05, 0) is 43.3 Å². The van der Waals surface area contributed by atoms with E-state index in [4.69, 9.17) is 37.4 Å². The first-order valence-corrected chi connectivity index (χ1v) is 15.1. The van der Waals surface area contributed by atoms with Crippen molar-refractivity contribution in [1.29, 1.82) is 0 Å². The summed E-state index contributed by atoms with van der Waals surface area (Å²) in [6.45, 7) is 3.05. The minimum Gasteiger partial charge on any atom is -0.496 e. The summed E-state index contributed by atoms with van der Waals surface area (Å²) in [6, 6.07) is 25.9. The van der Waals surface area contributed by atoms with Crippen molar-refractivity contribution in [3.63, 3.8) is 0 Å². The van der Waals surface area contributed by atoms with E-state index >= 15 is 0 Å². The number of aromatic carboxylic acids is 1. The molecule has 0 fully saturated rings. The van der Waals surface area contributed by atoms with Crippen LogP contribution in [0.5, 0.6) is 11.5 Å². The van der Waals surface area contributed by atoms with Crippen LogP contribution in [0.4, 0.5) is 0 Å². The smallest absolute Gasteiger partial charge is 0.359 e. The fourth-order valence-electron chi connectivity index (χ4n) is 5.19. The number of aromatic nitrogens is 3. The number of hydrogen-bond acceptors (Lipinski definition) is 6. The molecule has 0 aliphatic heterocycles. The average molecular weight is 661 g/mol. The summed E-state index contributed by atoms with van der Waals surface area (Å²) in [5.41, 5.74) is 4.20. The first kappa shape index (κ1) is 32.4. The Balaban J connectivity index is 0.000000182. The maximum atomic E-state index is 12.2. The number of carboxylic acids is 1. The van der Waals surface area contributed by atoms with Crippen molar-refractivity contribution < 1.29 is 28.9 Å². The van der Waals surface area contributed by atoms with Gasteiger partial charge in [-0.1, -0.05) is 71.7 Å². The highest BCUT2D eigenvalue weighted by Crippen LogP contribution is 2.28. The van der Waals surface area contributed by atoms with Crippen LogP contribution in [0, 0.1) is 0 Å². The first-order valence-electron chi connectivity index (χ1n) is 14.3. The third kappa shape index (κ3) is 6.96. The number of fused-ring (bicyclic) bond motifs is 2. The molecular formula is C35H31Cl2N3O6. The van der Waals surface area contributed by atoms with E-state index in [-0.39, 0.29) is 0 Å². The highest BCUT2D eigenvalue weighted by atomic mass is 35.5. The maximum Gasteiger partial charge on any atom is 0.359 e. The molecule has 0 spiro atoms. The highest BCUT2D eigenvalue weighted by Gasteiger charge is 2.19. The Morgan fingerprint density at radius 1 is 0.783 bits per heavy atom. The van der Waals surface area contributed by atoms with Crippen LogP contribution >= 0.6 is 23.2 Å². The van der Waals surface area contributed by atoms with E-state index in [0.29, 0.717) is 52.5 Å². The molecule has 0 bridgehead atoms. The van der Waals surface area contributed by atoms with E-state index in [1.807, 2.05) is 65.2 Å². The van der Waals surface area contributed by atoms with Crippen LogP contribution in [0.3, 0.4) is 0 Å². The molecule has 0 atom stereocenters. The van der Waals surface area contributed by atoms with Gasteiger partial charge in [0.25, 0.3) is 0 Å². The van der Waals surface area contributed by atoms with Crippen molar-refractivity contribution in [2.24, 2.45) is 0 Å². The minimum atomic E-state index is -0.932. The second-order valence-corrected chi connectivity index (χ2v) is 11.0. The monoisotopic (exact) mass is 659 g/mol. The molecular weight excluding hydrogens is 629 g/mol. The molecule has 0 amide bonds. The molecule has 2 heterocycles. The van der Waals surface area contributed by atoms with E-state index in [1.54, 1.807) is 56.3 Å². The standard InChI is InChI=1S/C18H17ClN2O3.C17H14ClNO3/c1-3-24-18(22)17-14-6-4-5-7-15(14)21(20-17)11-12-8-9-13(19)10-16(12)23-2;1-22-16-8-12(18)7-6-11(16)9-19-10-14(17(20)21)13-4-2-3-5-15(13)19/h4-10H,3,11H2,1-2H3;2-8,10H,9H2,1H3,(H,20,21). The van der Waals surface area contributed by atoms with Gasteiger partial charge in [0, 0.05) is 43.7 Å². The van der Waals surface area contributed by atoms with Gasteiger partial charge in [0.2, 0.25) is 0 Å². The Labute approximate surface area is 275 Å². The summed E-state index contributed by atoms with van der Waals surface area (Å²) in [5.74, 6) is 0.00969. The predicted octanol–water partition coefficient (Wildman–Crippen LogP) is 7.97. The highest BCUT2D eigenvalue weighted by molar-refractivity contribution is 6.31. The second-order valence-electron chi connectivity index (χ2n) is 10.1. The van der Waals surface area contributed by atoms with Gasteiger partial charge in [0.1, 0.15) is 11.5 Å². The second kappa shape index (κ2) is 14.4. The molecule has 0 aliphatic rings. The number of hydrogen-bond donors (Lipinski definition) is 1. The molecule has 1 N–H and O–H groups in total. The lowest BCUT2D eigenvalue weighted by atomic mass is 10.2. The Morgan fingerprint density at radius 2 is 1.35 bits per heavy atom. The summed E-state index contributed by atoms with van der Waals surface area (Å²) >= 11 is 12.0. The van der Waals surface area contributed by atoms with Crippen LogP contribution in [0.2, 0.25) is 10.0 Å². The Hall–Kier alpha value is -4.99. The van der Waals surface area contributed by atoms with Crippen molar-refractivity contribution in [1.82, 2.24) is 14.3 Å². The molecule has 0 radical (unpaired) electrons. The van der Waals surface area contributed by atoms with E-state index in [9.17, 15) is 14.7 Å². The van der Waals surface area contributed by atoms with Crippen LogP contribution in [0.25, 0.3) is 21.8 Å². The molecule has 6 aromatic rings. The third-order valence-electron chi connectivity index (χ3n) is 7.30. The quantitative estimate of drug-likeness (QED) is 0.157. The van der Waals surface area contributed by atoms with Crippen molar-refractivity contribution in [3.05, 3.63) is 124 Å². The summed E-state index contributed by atoms with van der Waals surface area (Å²) in [7, 11) is 3.19. The number of carbonyl (C=O) groups excluding carboxylic acids is 1. The zero-order chi connectivity index (χ0) is 32.8. The van der Waals surface area contributed by atoms with Crippen LogP contribution in [-0.2, 0) is 17.8 Å². The predicted molar refractivity (Wildman–Crippen MR) is 179 cm³/mol. The molecule has 0 aliphatic carbocycles. The van der Waals surface area contributed by atoms with E-state index < -0.39 is 11.9 Å². The summed E-state index contributed by atoms with van der Waals surface area (Å²) < 4.78 is 19.5. The lowest BCUT2D eigenvalue weighted by Gasteiger charge is -2.10. The molecule has 236 valence electrons. The minimum absolute atomic E-state index is 0.295. The Morgan fingerprint density at radius 3 is 1.93 bits per heavy atom. The zero-order valence-corrected chi connectivity index (χ0v) is 26.9. The Bertz CT molecular complexity index is 2030. The Kier molecular flexibility index (Phi) is 10.1. The molecule has 9 nitrogen and oxygen atoms in total. The normalized spacial score (nSPS) is 10.8. The molecule has 4 aromatic carbocycles. The fourth-order valence-corrected chi connectivity index (χ4v) is 5.51. The van der Waals surface area contributed by atoms with Crippen molar-refractivity contribution in [3.8, 4) is 11.5 Å². The number of nitrogens with zero attached hydrogens (tertiary/aromatic N) is 3. The van der Waals surface area contributed by atoms with Crippen LogP contribution < -0.4 is 9.47 Å². The molecule has 2 aromatic heterocycles. The van der Waals surface area contributed by atoms with E-state index in [1.165, 1.54) is 0 Å². The summed E-state index contributed by atoms with van der Waals surface area (Å²) in [6.07, 6.45) is 1.65. The van der Waals surface area contributed by atoms with E-state index in [2.05, 4.69) is 5.10 Å². The van der Waals surface area contributed by atoms with Crippen LogP contribution in [0.1, 0.15) is 38.9 Å². The summed E-state index contributed by atoms with van der Waals surface area (Å²) in [4.78, 5) is 23.5. The van der Waals surface area contributed by atoms with Crippen LogP contribution in [-0.4, -0.2) is 52.2 Å². The molecule has 0 unspecified atom stereocenters. The lowest BCUT2D eigenvalue weighted by molar-refractivity contribution is 0.0520. The van der Waals surface area contributed by atoms with Crippen molar-refractivity contribution in [2.45, 2.75) is 20.0 Å². The molecule has 0 saturated heterocycles. The van der Waals surface area contributed by atoms with Gasteiger partial charge in [-0.15, -0.1) is 0 Å².